The van der Waals surface area contributed by atoms with E-state index in [0.717, 1.165) is 16.7 Å². The van der Waals surface area contributed by atoms with Crippen LogP contribution in [0.4, 0.5) is 13.2 Å². The van der Waals surface area contributed by atoms with Crippen molar-refractivity contribution >= 4 is 51.8 Å². The zero-order chi connectivity index (χ0) is 19.5. The highest BCUT2D eigenvalue weighted by molar-refractivity contribution is 8.23. The summed E-state index contributed by atoms with van der Waals surface area (Å²) in [6.45, 7) is 1.70. The summed E-state index contributed by atoms with van der Waals surface area (Å²) in [5, 5.41) is -2.97. The Hall–Kier alpha value is -1.32. The molecule has 0 spiro atoms. The van der Waals surface area contributed by atoms with Crippen molar-refractivity contribution in [1.82, 2.24) is 4.90 Å². The molecule has 142 valence electrons. The summed E-state index contributed by atoms with van der Waals surface area (Å²) >= 11 is 11.3. The fourth-order valence-corrected chi connectivity index (χ4v) is 4.24. The topological polar surface area (TPSA) is 46.6 Å². The zero-order valence-corrected chi connectivity index (χ0v) is 16.0. The van der Waals surface area contributed by atoms with Crippen LogP contribution in [0.2, 0.25) is 0 Å². The van der Waals surface area contributed by atoms with Gasteiger partial charge in [0.1, 0.15) is 5.38 Å². The molecule has 2 atom stereocenters. The first-order valence-corrected chi connectivity index (χ1v) is 9.37. The second kappa shape index (κ2) is 8.58. The highest BCUT2D eigenvalue weighted by Crippen LogP contribution is 2.33. The van der Waals surface area contributed by atoms with Crippen molar-refractivity contribution in [1.29, 1.82) is 0 Å². The first kappa shape index (κ1) is 21.0. The lowest BCUT2D eigenvalue weighted by molar-refractivity contribution is -0.131. The fraction of sp³-hybridized carbons (Fsp3) is 0.438. The number of carbonyl (C=O) groups excluding carboxylic acids is 2. The predicted molar refractivity (Wildman–Crippen MR) is 97.7 cm³/mol. The number of nitrogens with zero attached hydrogens (tertiary/aromatic N) is 1. The largest absolute Gasteiger partial charge is 0.479 e. The Morgan fingerprint density at radius 2 is 1.81 bits per heavy atom. The van der Waals surface area contributed by atoms with Crippen LogP contribution in [0.3, 0.4) is 0 Å². The van der Waals surface area contributed by atoms with E-state index in [1.165, 1.54) is 12.1 Å². The minimum absolute atomic E-state index is 0.0418. The summed E-state index contributed by atoms with van der Waals surface area (Å²) in [5.41, 5.74) is 0.457. The molecular formula is C16H15ClF3NO3S2. The standard InChI is InChI=1S/C16H15ClF3NO3S2/c1-2-24-15(25)26-9(7-12(17)16(18,19)20)8-21-13(22)10-5-3-4-6-11(10)14(21)23/h3-6,9,12H,2,7-8H2,1H3. The van der Waals surface area contributed by atoms with E-state index in [4.69, 9.17) is 28.6 Å². The minimum Gasteiger partial charge on any atom is -0.479 e. The molecule has 4 nitrogen and oxygen atoms in total. The Bertz CT molecular complexity index is 679. The van der Waals surface area contributed by atoms with E-state index in [2.05, 4.69) is 0 Å². The molecule has 0 aliphatic carbocycles. The van der Waals surface area contributed by atoms with Crippen molar-refractivity contribution in [3.63, 3.8) is 0 Å². The van der Waals surface area contributed by atoms with Crippen molar-refractivity contribution < 1.29 is 27.5 Å². The second-order valence-electron chi connectivity index (χ2n) is 5.43. The first-order valence-electron chi connectivity index (χ1n) is 7.64. The summed E-state index contributed by atoms with van der Waals surface area (Å²) in [6, 6.07) is 6.23. The van der Waals surface area contributed by atoms with Gasteiger partial charge < -0.3 is 4.74 Å². The molecule has 1 aliphatic heterocycles. The van der Waals surface area contributed by atoms with E-state index >= 15 is 0 Å². The Kier molecular flexibility index (Phi) is 6.92. The van der Waals surface area contributed by atoms with Gasteiger partial charge >= 0.3 is 6.18 Å². The molecule has 0 fully saturated rings. The molecule has 1 aliphatic rings. The average molecular weight is 426 g/mol. The highest BCUT2D eigenvalue weighted by atomic mass is 35.5. The summed E-state index contributed by atoms with van der Waals surface area (Å²) < 4.78 is 43.6. The third-order valence-corrected chi connectivity index (χ3v) is 5.43. The highest BCUT2D eigenvalue weighted by Gasteiger charge is 2.42. The van der Waals surface area contributed by atoms with Gasteiger partial charge in [-0.2, -0.15) is 13.2 Å². The van der Waals surface area contributed by atoms with Gasteiger partial charge in [0.25, 0.3) is 11.8 Å². The van der Waals surface area contributed by atoms with E-state index in [1.54, 1.807) is 19.1 Å². The molecule has 10 heteroatoms. The monoisotopic (exact) mass is 425 g/mol. The molecular weight excluding hydrogens is 411 g/mol. The molecule has 0 radical (unpaired) electrons. The third kappa shape index (κ3) is 4.89. The quantitative estimate of drug-likeness (QED) is 0.387. The zero-order valence-electron chi connectivity index (χ0n) is 13.6. The lowest BCUT2D eigenvalue weighted by Crippen LogP contribution is -2.38. The Balaban J connectivity index is 2.17. The van der Waals surface area contributed by atoms with E-state index in [1.807, 2.05) is 0 Å². The molecule has 0 saturated heterocycles. The summed E-state index contributed by atoms with van der Waals surface area (Å²) in [6.07, 6.45) is -5.12. The first-order chi connectivity index (χ1) is 12.1. The molecule has 0 N–H and O–H groups in total. The van der Waals surface area contributed by atoms with Crippen LogP contribution in [-0.4, -0.2) is 51.1 Å². The lowest BCUT2D eigenvalue weighted by Gasteiger charge is -2.24. The van der Waals surface area contributed by atoms with Gasteiger partial charge in [-0.05, 0) is 37.7 Å². The van der Waals surface area contributed by atoms with Crippen LogP contribution in [-0.2, 0) is 4.74 Å². The van der Waals surface area contributed by atoms with Crippen molar-refractivity contribution in [3.8, 4) is 0 Å². The van der Waals surface area contributed by atoms with Crippen LogP contribution < -0.4 is 0 Å². The van der Waals surface area contributed by atoms with Gasteiger partial charge in [0.15, 0.2) is 0 Å². The molecule has 2 amide bonds. The van der Waals surface area contributed by atoms with Crippen LogP contribution in [0.5, 0.6) is 0 Å². The van der Waals surface area contributed by atoms with Gasteiger partial charge in [-0.25, -0.2) is 0 Å². The summed E-state index contributed by atoms with van der Waals surface area (Å²) in [5.74, 6) is -1.09. The van der Waals surface area contributed by atoms with Crippen molar-refractivity contribution in [2.24, 2.45) is 0 Å². The van der Waals surface area contributed by atoms with Gasteiger partial charge in [0.2, 0.25) is 4.38 Å². The Morgan fingerprint density at radius 3 is 2.27 bits per heavy atom. The maximum Gasteiger partial charge on any atom is 0.404 e. The van der Waals surface area contributed by atoms with Gasteiger partial charge in [0, 0.05) is 11.8 Å². The second-order valence-corrected chi connectivity index (χ2v) is 7.86. The average Bonchev–Trinajstić information content (AvgIpc) is 2.79. The molecule has 1 aromatic rings. The van der Waals surface area contributed by atoms with Crippen molar-refractivity contribution in [2.45, 2.75) is 30.1 Å². The molecule has 1 heterocycles. The van der Waals surface area contributed by atoms with Crippen LogP contribution in [0.25, 0.3) is 0 Å². The van der Waals surface area contributed by atoms with E-state index in [0.29, 0.717) is 0 Å². The maximum absolute atomic E-state index is 12.8. The SMILES string of the molecule is CCOC(=S)SC(CC(Cl)C(F)(F)F)CN1C(=O)c2ccccc2C1=O. The molecule has 0 saturated carbocycles. The molecule has 2 rings (SSSR count). The normalized spacial score (nSPS) is 16.4. The number of benzene rings is 1. The number of ether oxygens (including phenoxy) is 1. The number of thioether (sulfide) groups is 1. The molecule has 26 heavy (non-hydrogen) atoms. The Labute approximate surface area is 163 Å². The number of rotatable bonds is 6. The minimum atomic E-state index is -4.60. The van der Waals surface area contributed by atoms with Gasteiger partial charge in [-0.1, -0.05) is 23.9 Å². The molecule has 0 bridgehead atoms. The van der Waals surface area contributed by atoms with E-state index in [9.17, 15) is 22.8 Å². The predicted octanol–water partition coefficient (Wildman–Crippen LogP) is 4.27. The number of thiocarbonyl (C=S) groups is 1. The van der Waals surface area contributed by atoms with Crippen LogP contribution in [0.1, 0.15) is 34.1 Å². The molecule has 2 unspecified atom stereocenters. The van der Waals surface area contributed by atoms with E-state index in [-0.39, 0.29) is 28.7 Å². The van der Waals surface area contributed by atoms with Crippen LogP contribution in [0, 0.1) is 0 Å². The van der Waals surface area contributed by atoms with Gasteiger partial charge in [-0.15, -0.1) is 11.6 Å². The van der Waals surface area contributed by atoms with Gasteiger partial charge in [-0.3, -0.25) is 14.5 Å². The summed E-state index contributed by atoms with van der Waals surface area (Å²) in [7, 11) is 0. The number of halogens is 4. The molecule has 0 aromatic heterocycles. The van der Waals surface area contributed by atoms with Gasteiger partial charge in [0.05, 0.1) is 17.7 Å². The van der Waals surface area contributed by atoms with Crippen LogP contribution in [0.15, 0.2) is 24.3 Å². The number of fused-ring (bicyclic) bond motifs is 1. The van der Waals surface area contributed by atoms with Crippen LogP contribution >= 0.6 is 35.6 Å². The number of alkyl halides is 4. The number of hydrogen-bond acceptors (Lipinski definition) is 5. The number of amides is 2. The van der Waals surface area contributed by atoms with E-state index < -0.39 is 35.0 Å². The lowest BCUT2D eigenvalue weighted by atomic mass is 10.1. The number of carbonyl (C=O) groups is 2. The number of imide groups is 1. The fourth-order valence-electron chi connectivity index (χ4n) is 2.42. The Morgan fingerprint density at radius 1 is 1.27 bits per heavy atom. The smallest absolute Gasteiger partial charge is 0.404 e. The van der Waals surface area contributed by atoms with Crippen molar-refractivity contribution in [2.75, 3.05) is 13.2 Å². The molecule has 1 aromatic carbocycles. The maximum atomic E-state index is 12.8. The summed E-state index contributed by atoms with van der Waals surface area (Å²) in [4.78, 5) is 25.8. The number of hydrogen-bond donors (Lipinski definition) is 0. The van der Waals surface area contributed by atoms with Crippen molar-refractivity contribution in [3.05, 3.63) is 35.4 Å². The third-order valence-electron chi connectivity index (χ3n) is 3.61.